The molecule has 0 fully saturated rings. The van der Waals surface area contributed by atoms with Crippen LogP contribution in [0.5, 0.6) is 5.75 Å². The monoisotopic (exact) mass is 234 g/mol. The predicted molar refractivity (Wildman–Crippen MR) is 48.7 cm³/mol. The average Bonchev–Trinajstić information content (AvgIpc) is 2.14. The number of hydrogen-bond acceptors (Lipinski definition) is 3. The van der Waals surface area contributed by atoms with Crippen LogP contribution in [0.4, 0.5) is 13.2 Å². The van der Waals surface area contributed by atoms with Gasteiger partial charge in [-0.15, -0.1) is 0 Å². The van der Waals surface area contributed by atoms with Crippen molar-refractivity contribution in [1.82, 2.24) is 0 Å². The molecule has 0 aliphatic carbocycles. The molecule has 0 amide bonds. The molecule has 0 saturated heterocycles. The van der Waals surface area contributed by atoms with Crippen molar-refractivity contribution in [3.05, 3.63) is 29.8 Å². The zero-order chi connectivity index (χ0) is 12.3. The molecule has 1 N–H and O–H groups in total. The Balaban J connectivity index is 3.01. The molecule has 1 aromatic carbocycles. The second-order valence-electron chi connectivity index (χ2n) is 3.12. The first-order valence-corrected chi connectivity index (χ1v) is 4.33. The van der Waals surface area contributed by atoms with E-state index in [0.29, 0.717) is 0 Å². The number of phenols is 1. The Bertz CT molecular complexity index is 370. The fourth-order valence-electron chi connectivity index (χ4n) is 1.14. The van der Waals surface area contributed by atoms with Gasteiger partial charge in [-0.3, -0.25) is 4.79 Å². The van der Waals surface area contributed by atoms with E-state index >= 15 is 0 Å². The van der Waals surface area contributed by atoms with Gasteiger partial charge in [-0.25, -0.2) is 0 Å². The molecule has 6 heteroatoms. The molecular weight excluding hydrogens is 225 g/mol. The molecule has 0 spiro atoms. The molecule has 1 rings (SSSR count). The molecule has 0 aliphatic rings. The van der Waals surface area contributed by atoms with Gasteiger partial charge < -0.3 is 9.84 Å². The molecule has 0 aromatic heterocycles. The van der Waals surface area contributed by atoms with E-state index in [1.807, 2.05) is 0 Å². The second-order valence-corrected chi connectivity index (χ2v) is 3.12. The number of esters is 1. The van der Waals surface area contributed by atoms with Crippen molar-refractivity contribution in [2.45, 2.75) is 19.2 Å². The minimum Gasteiger partial charge on any atom is -0.508 e. The van der Waals surface area contributed by atoms with Gasteiger partial charge in [0, 0.05) is 12.5 Å². The summed E-state index contributed by atoms with van der Waals surface area (Å²) in [5, 5.41) is 8.93. The summed E-state index contributed by atoms with van der Waals surface area (Å²) in [6.07, 6.45) is -6.98. The van der Waals surface area contributed by atoms with Crippen molar-refractivity contribution in [3.63, 3.8) is 0 Å². The maximum atomic E-state index is 12.5. The van der Waals surface area contributed by atoms with E-state index in [9.17, 15) is 18.0 Å². The van der Waals surface area contributed by atoms with Crippen molar-refractivity contribution in [2.24, 2.45) is 0 Å². The van der Waals surface area contributed by atoms with Crippen molar-refractivity contribution < 1.29 is 27.8 Å². The molecule has 0 aliphatic heterocycles. The number of phenolic OH excluding ortho intramolecular Hbond substituents is 1. The van der Waals surface area contributed by atoms with Crippen LogP contribution >= 0.6 is 0 Å². The van der Waals surface area contributed by atoms with E-state index < -0.39 is 18.2 Å². The number of aromatic hydroxyl groups is 1. The summed E-state index contributed by atoms with van der Waals surface area (Å²) in [4.78, 5) is 10.6. The van der Waals surface area contributed by atoms with Crippen LogP contribution in [0.15, 0.2) is 24.3 Å². The summed E-state index contributed by atoms with van der Waals surface area (Å²) in [6.45, 7) is 0.902. The zero-order valence-corrected chi connectivity index (χ0v) is 8.28. The predicted octanol–water partition coefficient (Wildman–Crippen LogP) is 2.56. The van der Waals surface area contributed by atoms with Crippen molar-refractivity contribution in [3.8, 4) is 5.75 Å². The Morgan fingerprint density at radius 1 is 1.31 bits per heavy atom. The fraction of sp³-hybridized carbons (Fsp3) is 0.300. The van der Waals surface area contributed by atoms with Gasteiger partial charge >= 0.3 is 12.1 Å². The highest BCUT2D eigenvalue weighted by molar-refractivity contribution is 5.66. The van der Waals surface area contributed by atoms with Crippen LogP contribution in [-0.4, -0.2) is 17.3 Å². The quantitative estimate of drug-likeness (QED) is 0.800. The standard InChI is InChI=1S/C10H9F3O3/c1-6(14)16-9(10(11,12)13)7-2-4-8(15)5-3-7/h2-5,9,15H,1H3. The molecule has 0 bridgehead atoms. The Morgan fingerprint density at radius 3 is 2.19 bits per heavy atom. The first kappa shape index (κ1) is 12.4. The third-order valence-electron chi connectivity index (χ3n) is 1.78. The number of carbonyl (C=O) groups is 1. The first-order chi connectivity index (χ1) is 7.30. The highest BCUT2D eigenvalue weighted by Crippen LogP contribution is 2.36. The molecule has 1 aromatic rings. The number of carbonyl (C=O) groups excluding carboxylic acids is 1. The summed E-state index contributed by atoms with van der Waals surface area (Å²) < 4.78 is 41.8. The number of benzene rings is 1. The third kappa shape index (κ3) is 3.15. The third-order valence-corrected chi connectivity index (χ3v) is 1.78. The molecule has 16 heavy (non-hydrogen) atoms. The van der Waals surface area contributed by atoms with Gasteiger partial charge in [0.15, 0.2) is 0 Å². The average molecular weight is 234 g/mol. The largest absolute Gasteiger partial charge is 0.508 e. The van der Waals surface area contributed by atoms with Crippen LogP contribution in [0.1, 0.15) is 18.6 Å². The first-order valence-electron chi connectivity index (χ1n) is 4.33. The van der Waals surface area contributed by atoms with E-state index in [1.54, 1.807) is 0 Å². The van der Waals surface area contributed by atoms with Gasteiger partial charge in [0.2, 0.25) is 6.10 Å². The minimum atomic E-state index is -4.68. The summed E-state index contributed by atoms with van der Waals surface area (Å²) in [6, 6.07) is 4.29. The lowest BCUT2D eigenvalue weighted by molar-refractivity contribution is -0.222. The van der Waals surface area contributed by atoms with Gasteiger partial charge in [0.05, 0.1) is 0 Å². The van der Waals surface area contributed by atoms with Crippen molar-refractivity contribution in [2.75, 3.05) is 0 Å². The molecule has 1 atom stereocenters. The minimum absolute atomic E-state index is 0.160. The van der Waals surface area contributed by atoms with Crippen molar-refractivity contribution >= 4 is 5.97 Å². The molecule has 0 radical (unpaired) electrons. The lowest BCUT2D eigenvalue weighted by Crippen LogP contribution is -2.25. The Hall–Kier alpha value is -1.72. The van der Waals surface area contributed by atoms with Crippen LogP contribution in [0, 0.1) is 0 Å². The van der Waals surface area contributed by atoms with Crippen LogP contribution in [0.2, 0.25) is 0 Å². The van der Waals surface area contributed by atoms with E-state index in [2.05, 4.69) is 4.74 Å². The summed E-state index contributed by atoms with van der Waals surface area (Å²) in [5.41, 5.74) is -0.236. The number of halogens is 3. The van der Waals surface area contributed by atoms with Gasteiger partial charge in [0.25, 0.3) is 0 Å². The smallest absolute Gasteiger partial charge is 0.429 e. The van der Waals surface area contributed by atoms with Gasteiger partial charge in [-0.1, -0.05) is 12.1 Å². The lowest BCUT2D eigenvalue weighted by atomic mass is 10.1. The molecule has 0 heterocycles. The van der Waals surface area contributed by atoms with Gasteiger partial charge in [-0.2, -0.15) is 13.2 Å². The highest BCUT2D eigenvalue weighted by Gasteiger charge is 2.43. The number of alkyl halides is 3. The molecule has 1 unspecified atom stereocenters. The SMILES string of the molecule is CC(=O)OC(c1ccc(O)cc1)C(F)(F)F. The van der Waals surface area contributed by atoms with E-state index in [0.717, 1.165) is 31.2 Å². The van der Waals surface area contributed by atoms with Crippen LogP contribution in [0.3, 0.4) is 0 Å². The van der Waals surface area contributed by atoms with E-state index in [4.69, 9.17) is 5.11 Å². The van der Waals surface area contributed by atoms with Gasteiger partial charge in [-0.05, 0) is 12.1 Å². The summed E-state index contributed by atoms with van der Waals surface area (Å²) in [5.74, 6) is -1.18. The van der Waals surface area contributed by atoms with Gasteiger partial charge in [0.1, 0.15) is 5.75 Å². The number of hydrogen-bond donors (Lipinski definition) is 1. The van der Waals surface area contributed by atoms with Crippen molar-refractivity contribution in [1.29, 1.82) is 0 Å². The molecular formula is C10H9F3O3. The Morgan fingerprint density at radius 2 is 1.81 bits per heavy atom. The Labute approximate surface area is 89.5 Å². The summed E-state index contributed by atoms with van der Waals surface area (Å²) in [7, 11) is 0. The number of ether oxygens (including phenoxy) is 1. The lowest BCUT2D eigenvalue weighted by Gasteiger charge is -2.20. The summed E-state index contributed by atoms with van der Waals surface area (Å²) >= 11 is 0. The van der Waals surface area contributed by atoms with Crippen LogP contribution in [0.25, 0.3) is 0 Å². The van der Waals surface area contributed by atoms with E-state index in [-0.39, 0.29) is 11.3 Å². The van der Waals surface area contributed by atoms with E-state index in [1.165, 1.54) is 0 Å². The fourth-order valence-corrected chi connectivity index (χ4v) is 1.14. The molecule has 88 valence electrons. The van der Waals surface area contributed by atoms with Crippen LogP contribution in [-0.2, 0) is 9.53 Å². The maximum absolute atomic E-state index is 12.5. The molecule has 3 nitrogen and oxygen atoms in total. The Kier molecular flexibility index (Phi) is 3.41. The zero-order valence-electron chi connectivity index (χ0n) is 8.28. The normalized spacial score (nSPS) is 13.2. The molecule has 0 saturated carbocycles. The second kappa shape index (κ2) is 4.42. The topological polar surface area (TPSA) is 46.5 Å². The maximum Gasteiger partial charge on any atom is 0.429 e. The highest BCUT2D eigenvalue weighted by atomic mass is 19.4. The number of rotatable bonds is 2. The van der Waals surface area contributed by atoms with Crippen LogP contribution < -0.4 is 0 Å².